The Balaban J connectivity index is 2.36. The van der Waals surface area contributed by atoms with Crippen molar-refractivity contribution in [3.63, 3.8) is 0 Å². The van der Waals surface area contributed by atoms with E-state index in [1.807, 2.05) is 0 Å². The maximum Gasteiger partial charge on any atom is 0.285 e. The van der Waals surface area contributed by atoms with Crippen molar-refractivity contribution in [2.24, 2.45) is 0 Å². The Morgan fingerprint density at radius 1 is 1.43 bits per heavy atom. The van der Waals surface area contributed by atoms with Gasteiger partial charge in [0.15, 0.2) is 11.6 Å². The zero-order valence-electron chi connectivity index (χ0n) is 11.3. The lowest BCUT2D eigenvalue weighted by atomic mass is 10.1. The minimum atomic E-state index is -1.35. The zero-order valence-corrected chi connectivity index (χ0v) is 11.3. The molecule has 114 valence electrons. The Bertz CT molecular complexity index is 576. The molecule has 1 amide bonds. The number of rotatable bonds is 6. The van der Waals surface area contributed by atoms with Crippen molar-refractivity contribution in [1.82, 2.24) is 4.90 Å². The van der Waals surface area contributed by atoms with Crippen LogP contribution in [0.3, 0.4) is 0 Å². The second-order valence-corrected chi connectivity index (χ2v) is 4.76. The minimum absolute atomic E-state index is 0.0274. The van der Waals surface area contributed by atoms with Gasteiger partial charge >= 0.3 is 0 Å². The summed E-state index contributed by atoms with van der Waals surface area (Å²) in [6.07, 6.45) is 1.57. The van der Waals surface area contributed by atoms with Crippen LogP contribution >= 0.6 is 0 Å². The fraction of sp³-hybridized carbons (Fsp3) is 0.462. The van der Waals surface area contributed by atoms with Crippen LogP contribution in [0.4, 0.5) is 14.5 Å². The number of halogens is 2. The molecule has 0 bridgehead atoms. The van der Waals surface area contributed by atoms with Gasteiger partial charge in [-0.1, -0.05) is 0 Å². The summed E-state index contributed by atoms with van der Waals surface area (Å²) in [4.78, 5) is 23.8. The predicted octanol–water partition coefficient (Wildman–Crippen LogP) is 2.12. The number of benzene rings is 1. The number of carbonyl (C=O) groups is 1. The van der Waals surface area contributed by atoms with Crippen molar-refractivity contribution < 1.29 is 23.2 Å². The highest BCUT2D eigenvalue weighted by Gasteiger charge is 2.36. The zero-order chi connectivity index (χ0) is 15.6. The van der Waals surface area contributed by atoms with E-state index in [0.717, 1.165) is 12.8 Å². The molecule has 0 N–H and O–H groups in total. The van der Waals surface area contributed by atoms with Crippen LogP contribution in [0.25, 0.3) is 0 Å². The average molecular weight is 300 g/mol. The van der Waals surface area contributed by atoms with Crippen LogP contribution < -0.4 is 0 Å². The lowest BCUT2D eigenvalue weighted by molar-refractivity contribution is -0.385. The van der Waals surface area contributed by atoms with Crippen LogP contribution in [0.5, 0.6) is 0 Å². The van der Waals surface area contributed by atoms with Crippen LogP contribution in [-0.4, -0.2) is 42.0 Å². The third-order valence-corrected chi connectivity index (χ3v) is 3.25. The van der Waals surface area contributed by atoms with Crippen LogP contribution in [0.1, 0.15) is 23.2 Å². The van der Waals surface area contributed by atoms with Gasteiger partial charge in [-0.2, -0.15) is 0 Å². The Morgan fingerprint density at radius 3 is 2.57 bits per heavy atom. The molecule has 1 aliphatic rings. The standard InChI is InChI=1S/C13H14F2N2O4/c1-21-5-4-16(8-2-3-8)13(18)9-6-10(14)11(15)7-12(9)17(19)20/h6-8H,2-5H2,1H3. The average Bonchev–Trinajstić information content (AvgIpc) is 3.26. The Kier molecular flexibility index (Phi) is 4.46. The van der Waals surface area contributed by atoms with E-state index in [9.17, 15) is 23.7 Å². The normalized spacial score (nSPS) is 14.0. The first-order valence-electron chi connectivity index (χ1n) is 6.39. The number of nitro benzene ring substituents is 1. The van der Waals surface area contributed by atoms with E-state index in [1.165, 1.54) is 12.0 Å². The van der Waals surface area contributed by atoms with Gasteiger partial charge in [0.1, 0.15) is 5.56 Å². The number of amides is 1. The lowest BCUT2D eigenvalue weighted by Gasteiger charge is -2.22. The van der Waals surface area contributed by atoms with Crippen LogP contribution in [0, 0.1) is 21.7 Å². The molecule has 0 heterocycles. The van der Waals surface area contributed by atoms with Gasteiger partial charge in [0.2, 0.25) is 0 Å². The van der Waals surface area contributed by atoms with E-state index >= 15 is 0 Å². The number of ether oxygens (including phenoxy) is 1. The van der Waals surface area contributed by atoms with Gasteiger partial charge in [0.25, 0.3) is 11.6 Å². The maximum absolute atomic E-state index is 13.3. The van der Waals surface area contributed by atoms with Crippen molar-refractivity contribution in [3.8, 4) is 0 Å². The summed E-state index contributed by atoms with van der Waals surface area (Å²) >= 11 is 0. The highest BCUT2D eigenvalue weighted by atomic mass is 19.2. The largest absolute Gasteiger partial charge is 0.383 e. The molecule has 1 saturated carbocycles. The molecule has 1 aliphatic carbocycles. The molecule has 0 atom stereocenters. The lowest BCUT2D eigenvalue weighted by Crippen LogP contribution is -2.36. The van der Waals surface area contributed by atoms with Gasteiger partial charge in [0.05, 0.1) is 17.6 Å². The quantitative estimate of drug-likeness (QED) is 0.596. The molecule has 0 saturated heterocycles. The maximum atomic E-state index is 13.3. The van der Waals surface area contributed by atoms with E-state index in [4.69, 9.17) is 4.74 Å². The Labute approximate surface area is 119 Å². The van der Waals surface area contributed by atoms with Gasteiger partial charge < -0.3 is 9.64 Å². The summed E-state index contributed by atoms with van der Waals surface area (Å²) in [6, 6.07) is 0.988. The van der Waals surface area contributed by atoms with Crippen LogP contribution in [-0.2, 0) is 4.74 Å². The number of hydrogen-bond acceptors (Lipinski definition) is 4. The smallest absolute Gasteiger partial charge is 0.285 e. The first-order chi connectivity index (χ1) is 9.95. The molecule has 0 spiro atoms. The van der Waals surface area contributed by atoms with Gasteiger partial charge in [-0.15, -0.1) is 0 Å². The number of nitro groups is 1. The van der Waals surface area contributed by atoms with Crippen molar-refractivity contribution in [2.75, 3.05) is 20.3 Å². The van der Waals surface area contributed by atoms with Crippen molar-refractivity contribution >= 4 is 11.6 Å². The highest BCUT2D eigenvalue weighted by Crippen LogP contribution is 2.31. The van der Waals surface area contributed by atoms with Crippen molar-refractivity contribution in [1.29, 1.82) is 0 Å². The number of hydrogen-bond donors (Lipinski definition) is 0. The summed E-state index contributed by atoms with van der Waals surface area (Å²) in [7, 11) is 1.47. The number of nitrogens with zero attached hydrogens (tertiary/aromatic N) is 2. The number of carbonyl (C=O) groups excluding carboxylic acids is 1. The summed E-state index contributed by atoms with van der Waals surface area (Å²) in [5, 5.41) is 10.9. The van der Waals surface area contributed by atoms with Crippen LogP contribution in [0.15, 0.2) is 12.1 Å². The fourth-order valence-electron chi connectivity index (χ4n) is 2.04. The second kappa shape index (κ2) is 6.13. The molecule has 1 aromatic rings. The van der Waals surface area contributed by atoms with E-state index < -0.39 is 33.7 Å². The molecule has 0 aliphatic heterocycles. The predicted molar refractivity (Wildman–Crippen MR) is 68.9 cm³/mol. The minimum Gasteiger partial charge on any atom is -0.383 e. The molecule has 1 fully saturated rings. The van der Waals surface area contributed by atoms with Crippen LogP contribution in [0.2, 0.25) is 0 Å². The molecule has 0 aromatic heterocycles. The third kappa shape index (κ3) is 3.33. The molecule has 8 heteroatoms. The second-order valence-electron chi connectivity index (χ2n) is 4.76. The van der Waals surface area contributed by atoms with Gasteiger partial charge in [0, 0.05) is 19.7 Å². The van der Waals surface area contributed by atoms with Crippen molar-refractivity contribution in [3.05, 3.63) is 39.4 Å². The number of methoxy groups -OCH3 is 1. The Morgan fingerprint density at radius 2 is 2.05 bits per heavy atom. The topological polar surface area (TPSA) is 72.7 Å². The van der Waals surface area contributed by atoms with E-state index in [0.29, 0.717) is 12.1 Å². The summed E-state index contributed by atoms with van der Waals surface area (Å²) in [6.45, 7) is 0.510. The molecule has 0 unspecified atom stereocenters. The fourth-order valence-corrected chi connectivity index (χ4v) is 2.04. The first kappa shape index (κ1) is 15.3. The highest BCUT2D eigenvalue weighted by molar-refractivity contribution is 5.98. The first-order valence-corrected chi connectivity index (χ1v) is 6.39. The summed E-state index contributed by atoms with van der Waals surface area (Å²) in [5.41, 5.74) is -1.18. The van der Waals surface area contributed by atoms with Crippen molar-refractivity contribution in [2.45, 2.75) is 18.9 Å². The SMILES string of the molecule is COCCN(C(=O)c1cc(F)c(F)cc1[N+](=O)[O-])C1CC1. The Hall–Kier alpha value is -2.09. The molecular formula is C13H14F2N2O4. The van der Waals surface area contributed by atoms with E-state index in [1.54, 1.807) is 0 Å². The molecule has 1 aromatic carbocycles. The molecular weight excluding hydrogens is 286 g/mol. The van der Waals surface area contributed by atoms with Gasteiger partial charge in [-0.05, 0) is 18.9 Å². The van der Waals surface area contributed by atoms with Gasteiger partial charge in [-0.3, -0.25) is 14.9 Å². The van der Waals surface area contributed by atoms with E-state index in [-0.39, 0.29) is 19.2 Å². The van der Waals surface area contributed by atoms with Gasteiger partial charge in [-0.25, -0.2) is 8.78 Å². The molecule has 6 nitrogen and oxygen atoms in total. The molecule has 0 radical (unpaired) electrons. The summed E-state index contributed by atoms with van der Waals surface area (Å²) < 4.78 is 31.4. The van der Waals surface area contributed by atoms with E-state index in [2.05, 4.69) is 0 Å². The summed E-state index contributed by atoms with van der Waals surface area (Å²) in [5.74, 6) is -3.32. The molecule has 21 heavy (non-hydrogen) atoms. The third-order valence-electron chi connectivity index (χ3n) is 3.25. The molecule has 2 rings (SSSR count). The monoisotopic (exact) mass is 300 g/mol.